The van der Waals surface area contributed by atoms with E-state index in [4.69, 9.17) is 9.47 Å². The SMILES string of the molecule is CC[C@@H](C(=O)NC(C)(C)C)N(Cc1ccccc1C)C(=O)CCCN(c1ccc2c(c1)OCO2)S(C)(=O)=O. The van der Waals surface area contributed by atoms with Crippen molar-refractivity contribution < 1.29 is 27.5 Å². The number of aryl methyl sites for hydroxylation is 1. The smallest absolute Gasteiger partial charge is 0.243 e. The first-order chi connectivity index (χ1) is 17.8. The predicted octanol–water partition coefficient (Wildman–Crippen LogP) is 3.99. The Morgan fingerprint density at radius 3 is 2.39 bits per heavy atom. The first-order valence-electron chi connectivity index (χ1n) is 12.8. The van der Waals surface area contributed by atoms with E-state index in [2.05, 4.69) is 5.32 Å². The minimum atomic E-state index is -3.61. The third-order valence-electron chi connectivity index (χ3n) is 6.28. The summed E-state index contributed by atoms with van der Waals surface area (Å²) in [6.07, 6.45) is 1.95. The summed E-state index contributed by atoms with van der Waals surface area (Å²) in [5.41, 5.74) is 1.99. The van der Waals surface area contributed by atoms with Gasteiger partial charge in [-0.2, -0.15) is 0 Å². The molecule has 0 spiro atoms. The second kappa shape index (κ2) is 12.1. The van der Waals surface area contributed by atoms with Gasteiger partial charge in [-0.05, 0) is 63.8 Å². The molecule has 2 amide bonds. The fourth-order valence-electron chi connectivity index (χ4n) is 4.39. The van der Waals surface area contributed by atoms with E-state index in [9.17, 15) is 18.0 Å². The molecular formula is C28H39N3O6S. The molecule has 0 aromatic heterocycles. The van der Waals surface area contributed by atoms with Gasteiger partial charge in [-0.3, -0.25) is 13.9 Å². The second-order valence-electron chi connectivity index (χ2n) is 10.6. The summed E-state index contributed by atoms with van der Waals surface area (Å²) in [6.45, 7) is 10.1. The van der Waals surface area contributed by atoms with Crippen molar-refractivity contribution in [2.24, 2.45) is 0 Å². The van der Waals surface area contributed by atoms with Gasteiger partial charge >= 0.3 is 0 Å². The van der Waals surface area contributed by atoms with Crippen LogP contribution in [0, 0.1) is 6.92 Å². The van der Waals surface area contributed by atoms with Crippen LogP contribution in [0.25, 0.3) is 0 Å². The van der Waals surface area contributed by atoms with Gasteiger partial charge in [0, 0.05) is 31.1 Å². The van der Waals surface area contributed by atoms with Crippen LogP contribution in [-0.4, -0.2) is 56.3 Å². The Kier molecular flexibility index (Phi) is 9.30. The van der Waals surface area contributed by atoms with Gasteiger partial charge in [-0.15, -0.1) is 0 Å². The minimum Gasteiger partial charge on any atom is -0.454 e. The van der Waals surface area contributed by atoms with E-state index in [0.29, 0.717) is 30.2 Å². The molecule has 0 fully saturated rings. The van der Waals surface area contributed by atoms with Gasteiger partial charge in [-0.1, -0.05) is 31.2 Å². The normalized spacial score (nSPS) is 13.6. The summed E-state index contributed by atoms with van der Waals surface area (Å²) in [7, 11) is -3.61. The van der Waals surface area contributed by atoms with Crippen molar-refractivity contribution in [2.45, 2.75) is 72.0 Å². The zero-order valence-electron chi connectivity index (χ0n) is 23.1. The number of nitrogens with one attached hydrogen (secondary N) is 1. The van der Waals surface area contributed by atoms with Gasteiger partial charge in [0.1, 0.15) is 6.04 Å². The highest BCUT2D eigenvalue weighted by Crippen LogP contribution is 2.36. The lowest BCUT2D eigenvalue weighted by atomic mass is 10.0. The van der Waals surface area contributed by atoms with Crippen LogP contribution in [0.4, 0.5) is 5.69 Å². The molecule has 0 saturated carbocycles. The number of rotatable bonds is 11. The second-order valence-corrected chi connectivity index (χ2v) is 12.5. The van der Waals surface area contributed by atoms with Gasteiger partial charge in [0.15, 0.2) is 11.5 Å². The number of carbonyl (C=O) groups excluding carboxylic acids is 2. The third kappa shape index (κ3) is 7.63. The van der Waals surface area contributed by atoms with Crippen LogP contribution in [-0.2, 0) is 26.2 Å². The molecule has 9 nitrogen and oxygen atoms in total. The first-order valence-corrected chi connectivity index (χ1v) is 14.7. The molecule has 2 aromatic carbocycles. The third-order valence-corrected chi connectivity index (χ3v) is 7.48. The molecule has 1 heterocycles. The standard InChI is InChI=1S/C28H39N3O6S/c1-7-23(27(33)29-28(3,4)5)30(18-21-12-9-8-11-20(21)2)26(32)13-10-16-31(38(6,34)35)22-14-15-24-25(17-22)37-19-36-24/h8-9,11-12,14-15,17,23H,7,10,13,16,18-19H2,1-6H3,(H,29,33)/t23-/m0/s1. The highest BCUT2D eigenvalue weighted by molar-refractivity contribution is 7.92. The summed E-state index contributed by atoms with van der Waals surface area (Å²) in [6, 6.07) is 12.1. The molecule has 208 valence electrons. The number of hydrogen-bond acceptors (Lipinski definition) is 6. The van der Waals surface area contributed by atoms with E-state index >= 15 is 0 Å². The molecular weight excluding hydrogens is 506 g/mol. The monoisotopic (exact) mass is 545 g/mol. The topological polar surface area (TPSA) is 105 Å². The number of carbonyl (C=O) groups is 2. The van der Waals surface area contributed by atoms with E-state index in [0.717, 1.165) is 17.4 Å². The van der Waals surface area contributed by atoms with Crippen LogP contribution in [0.15, 0.2) is 42.5 Å². The number of sulfonamides is 1. The van der Waals surface area contributed by atoms with Crippen LogP contribution in [0.2, 0.25) is 0 Å². The Bertz CT molecular complexity index is 1260. The van der Waals surface area contributed by atoms with Gasteiger partial charge in [0.05, 0.1) is 11.9 Å². The van der Waals surface area contributed by atoms with Crippen LogP contribution >= 0.6 is 0 Å². The lowest BCUT2D eigenvalue weighted by molar-refractivity contribution is -0.142. The fourth-order valence-corrected chi connectivity index (χ4v) is 5.34. The average molecular weight is 546 g/mol. The van der Waals surface area contributed by atoms with Crippen LogP contribution in [0.5, 0.6) is 11.5 Å². The molecule has 1 atom stereocenters. The number of ether oxygens (including phenoxy) is 2. The lowest BCUT2D eigenvalue weighted by Crippen LogP contribution is -2.53. The first kappa shape index (κ1) is 29.3. The largest absolute Gasteiger partial charge is 0.454 e. The minimum absolute atomic E-state index is 0.0851. The Labute approximate surface area is 226 Å². The van der Waals surface area contributed by atoms with E-state index in [1.165, 1.54) is 4.31 Å². The van der Waals surface area contributed by atoms with Crippen molar-refractivity contribution in [3.8, 4) is 11.5 Å². The Morgan fingerprint density at radius 2 is 1.76 bits per heavy atom. The molecule has 0 saturated heterocycles. The van der Waals surface area contributed by atoms with Crippen LogP contribution in [0.3, 0.4) is 0 Å². The number of amides is 2. The maximum absolute atomic E-state index is 13.6. The van der Waals surface area contributed by atoms with Gasteiger partial charge in [0.2, 0.25) is 28.6 Å². The maximum atomic E-state index is 13.6. The van der Waals surface area contributed by atoms with Gasteiger partial charge in [-0.25, -0.2) is 8.42 Å². The number of hydrogen-bond donors (Lipinski definition) is 1. The summed E-state index contributed by atoms with van der Waals surface area (Å²) in [5, 5.41) is 3.00. The van der Waals surface area contributed by atoms with Crippen molar-refractivity contribution >= 4 is 27.5 Å². The zero-order chi connectivity index (χ0) is 28.1. The molecule has 2 aromatic rings. The van der Waals surface area contributed by atoms with Crippen molar-refractivity contribution in [2.75, 3.05) is 23.9 Å². The Balaban J connectivity index is 1.79. The Hall–Kier alpha value is -3.27. The summed E-state index contributed by atoms with van der Waals surface area (Å²) in [4.78, 5) is 28.4. The molecule has 0 aliphatic carbocycles. The molecule has 0 radical (unpaired) electrons. The van der Waals surface area contributed by atoms with Crippen molar-refractivity contribution in [1.82, 2.24) is 10.2 Å². The van der Waals surface area contributed by atoms with E-state index < -0.39 is 21.6 Å². The number of fused-ring (bicyclic) bond motifs is 1. The van der Waals surface area contributed by atoms with Crippen LogP contribution in [0.1, 0.15) is 58.1 Å². The number of anilines is 1. The highest BCUT2D eigenvalue weighted by Gasteiger charge is 2.31. The maximum Gasteiger partial charge on any atom is 0.243 e. The van der Waals surface area contributed by atoms with Crippen molar-refractivity contribution in [3.63, 3.8) is 0 Å². The fraction of sp³-hybridized carbons (Fsp3) is 0.500. The van der Waals surface area contributed by atoms with E-state index in [1.54, 1.807) is 23.1 Å². The van der Waals surface area contributed by atoms with Crippen LogP contribution < -0.4 is 19.1 Å². The molecule has 10 heteroatoms. The van der Waals surface area contributed by atoms with Crippen molar-refractivity contribution in [1.29, 1.82) is 0 Å². The molecule has 3 rings (SSSR count). The number of nitrogens with zero attached hydrogens (tertiary/aromatic N) is 2. The molecule has 1 aliphatic rings. The van der Waals surface area contributed by atoms with E-state index in [-0.39, 0.29) is 38.0 Å². The molecule has 0 unspecified atom stereocenters. The summed E-state index contributed by atoms with van der Waals surface area (Å²) >= 11 is 0. The van der Waals surface area contributed by atoms with Crippen molar-refractivity contribution in [3.05, 3.63) is 53.6 Å². The molecule has 38 heavy (non-hydrogen) atoms. The lowest BCUT2D eigenvalue weighted by Gasteiger charge is -2.33. The summed E-state index contributed by atoms with van der Waals surface area (Å²) < 4.78 is 37.2. The van der Waals surface area contributed by atoms with E-state index in [1.807, 2.05) is 58.9 Å². The van der Waals surface area contributed by atoms with Gasteiger partial charge < -0.3 is 19.7 Å². The Morgan fingerprint density at radius 1 is 1.08 bits per heavy atom. The number of benzene rings is 2. The molecule has 0 bridgehead atoms. The quantitative estimate of drug-likeness (QED) is 0.458. The molecule has 1 N–H and O–H groups in total. The predicted molar refractivity (Wildman–Crippen MR) is 148 cm³/mol. The summed E-state index contributed by atoms with van der Waals surface area (Å²) in [5.74, 6) is 0.624. The van der Waals surface area contributed by atoms with Gasteiger partial charge in [0.25, 0.3) is 0 Å². The average Bonchev–Trinajstić information content (AvgIpc) is 3.28. The zero-order valence-corrected chi connectivity index (χ0v) is 23.9. The highest BCUT2D eigenvalue weighted by atomic mass is 32.2. The molecule has 1 aliphatic heterocycles.